The summed E-state index contributed by atoms with van der Waals surface area (Å²) >= 11 is 0. The fraction of sp³-hybridized carbons (Fsp3) is 0.400. The molecule has 1 aromatic heterocycles. The van der Waals surface area contributed by atoms with E-state index >= 15 is 0 Å². The maximum Gasteiger partial charge on any atom is 0.359 e. The van der Waals surface area contributed by atoms with Gasteiger partial charge in [-0.15, -0.1) is 17.0 Å². The highest BCUT2D eigenvalue weighted by atomic mass is 79.9. The van der Waals surface area contributed by atoms with Gasteiger partial charge in [0.1, 0.15) is 5.60 Å². The number of ether oxygens (including phenoxy) is 1. The van der Waals surface area contributed by atoms with E-state index in [1.54, 1.807) is 32.9 Å². The Morgan fingerprint density at radius 3 is 2.53 bits per heavy atom. The number of halogens is 1. The van der Waals surface area contributed by atoms with Crippen molar-refractivity contribution >= 4 is 28.6 Å². The summed E-state index contributed by atoms with van der Waals surface area (Å²) in [6.07, 6.45) is 1.51. The second-order valence-electron chi connectivity index (χ2n) is 3.94. The van der Waals surface area contributed by atoms with E-state index < -0.39 is 11.6 Å². The van der Waals surface area contributed by atoms with Crippen LogP contribution in [0.2, 0.25) is 0 Å². The van der Waals surface area contributed by atoms with Crippen molar-refractivity contribution in [2.45, 2.75) is 26.4 Å². The zero-order chi connectivity index (χ0) is 10.8. The fourth-order valence-corrected chi connectivity index (χ4v) is 0.915. The summed E-state index contributed by atoms with van der Waals surface area (Å²) in [6, 6.07) is 3.29. The largest absolute Gasteiger partial charge is 0.455 e. The Labute approximate surface area is 99.6 Å². The predicted octanol–water partition coefficient (Wildman–Crippen LogP) is 2.20. The number of nitrogens with two attached hydrogens (primary N) is 1. The number of esters is 1. The monoisotopic (exact) mass is 274 g/mol. The first-order valence-corrected chi connectivity index (χ1v) is 4.34. The zero-order valence-corrected chi connectivity index (χ0v) is 10.7. The van der Waals surface area contributed by atoms with Gasteiger partial charge in [0, 0.05) is 6.20 Å². The second kappa shape index (κ2) is 5.11. The van der Waals surface area contributed by atoms with Crippen LogP contribution in [0.15, 0.2) is 18.3 Å². The van der Waals surface area contributed by atoms with E-state index in [0.29, 0.717) is 5.69 Å². The van der Waals surface area contributed by atoms with Gasteiger partial charge in [0.05, 0.1) is 5.69 Å². The van der Waals surface area contributed by atoms with Gasteiger partial charge in [-0.05, 0) is 32.9 Å². The Balaban J connectivity index is 0.00000196. The van der Waals surface area contributed by atoms with Crippen molar-refractivity contribution in [3.05, 3.63) is 24.0 Å². The highest BCUT2D eigenvalue weighted by molar-refractivity contribution is 8.93. The number of nitrogen functional groups attached to an aromatic ring is 1. The SMILES string of the molecule is Br.CC(C)(C)OC(=O)c1ncccc1N. The van der Waals surface area contributed by atoms with Crippen LogP contribution in [-0.4, -0.2) is 16.6 Å². The van der Waals surface area contributed by atoms with Crippen LogP contribution in [0.5, 0.6) is 0 Å². The molecule has 0 saturated carbocycles. The molecule has 15 heavy (non-hydrogen) atoms. The number of carbonyl (C=O) groups is 1. The van der Waals surface area contributed by atoms with E-state index in [1.807, 2.05) is 0 Å². The summed E-state index contributed by atoms with van der Waals surface area (Å²) in [5, 5.41) is 0. The molecular weight excluding hydrogens is 260 g/mol. The third kappa shape index (κ3) is 4.29. The Kier molecular flexibility index (Phi) is 4.74. The molecule has 4 nitrogen and oxygen atoms in total. The molecule has 0 spiro atoms. The van der Waals surface area contributed by atoms with Gasteiger partial charge in [-0.1, -0.05) is 0 Å². The van der Waals surface area contributed by atoms with Crippen molar-refractivity contribution in [3.63, 3.8) is 0 Å². The molecular formula is C10H15BrN2O2. The normalized spacial score (nSPS) is 10.3. The summed E-state index contributed by atoms with van der Waals surface area (Å²) in [5.74, 6) is -0.490. The summed E-state index contributed by atoms with van der Waals surface area (Å²) in [5.41, 5.74) is 5.55. The van der Waals surface area contributed by atoms with Gasteiger partial charge in [0.15, 0.2) is 5.69 Å². The van der Waals surface area contributed by atoms with Crippen LogP contribution in [-0.2, 0) is 4.74 Å². The van der Waals surface area contributed by atoms with E-state index in [2.05, 4.69) is 4.98 Å². The third-order valence-electron chi connectivity index (χ3n) is 1.43. The maximum absolute atomic E-state index is 11.5. The molecule has 1 aromatic rings. The molecule has 0 amide bonds. The van der Waals surface area contributed by atoms with Crippen LogP contribution >= 0.6 is 17.0 Å². The molecule has 0 atom stereocenters. The number of anilines is 1. The first-order chi connectivity index (χ1) is 6.40. The Hall–Kier alpha value is -1.10. The molecule has 0 aliphatic heterocycles. The van der Waals surface area contributed by atoms with Gasteiger partial charge in [0.2, 0.25) is 0 Å². The van der Waals surface area contributed by atoms with Gasteiger partial charge >= 0.3 is 5.97 Å². The number of pyridine rings is 1. The molecule has 84 valence electrons. The minimum absolute atomic E-state index is 0. The lowest BCUT2D eigenvalue weighted by Gasteiger charge is -2.19. The molecule has 2 N–H and O–H groups in total. The second-order valence-corrected chi connectivity index (χ2v) is 3.94. The van der Waals surface area contributed by atoms with Crippen LogP contribution in [0.1, 0.15) is 31.3 Å². The molecule has 1 rings (SSSR count). The molecule has 0 unspecified atom stereocenters. The Morgan fingerprint density at radius 2 is 2.07 bits per heavy atom. The first-order valence-electron chi connectivity index (χ1n) is 4.34. The molecule has 1 heterocycles. The van der Waals surface area contributed by atoms with Crippen molar-refractivity contribution in [2.75, 3.05) is 5.73 Å². The van der Waals surface area contributed by atoms with Crippen molar-refractivity contribution in [1.29, 1.82) is 0 Å². The highest BCUT2D eigenvalue weighted by Crippen LogP contribution is 2.14. The maximum atomic E-state index is 11.5. The van der Waals surface area contributed by atoms with Gasteiger partial charge in [-0.3, -0.25) is 0 Å². The van der Waals surface area contributed by atoms with Crippen molar-refractivity contribution < 1.29 is 9.53 Å². The predicted molar refractivity (Wildman–Crippen MR) is 64.1 cm³/mol. The lowest BCUT2D eigenvalue weighted by molar-refractivity contribution is 0.00642. The molecule has 0 aliphatic rings. The van der Waals surface area contributed by atoms with E-state index in [4.69, 9.17) is 10.5 Å². The van der Waals surface area contributed by atoms with Gasteiger partial charge < -0.3 is 10.5 Å². The molecule has 5 heteroatoms. The van der Waals surface area contributed by atoms with Gasteiger partial charge in [-0.2, -0.15) is 0 Å². The molecule has 0 aromatic carbocycles. The minimum atomic E-state index is -0.527. The van der Waals surface area contributed by atoms with Crippen LogP contribution < -0.4 is 5.73 Å². The lowest BCUT2D eigenvalue weighted by Crippen LogP contribution is -2.25. The van der Waals surface area contributed by atoms with Crippen molar-refractivity contribution in [2.24, 2.45) is 0 Å². The summed E-state index contributed by atoms with van der Waals surface area (Å²) in [7, 11) is 0. The van der Waals surface area contributed by atoms with E-state index in [0.717, 1.165) is 0 Å². The fourth-order valence-electron chi connectivity index (χ4n) is 0.915. The van der Waals surface area contributed by atoms with E-state index in [9.17, 15) is 4.79 Å². The van der Waals surface area contributed by atoms with Crippen LogP contribution in [0.3, 0.4) is 0 Å². The third-order valence-corrected chi connectivity index (χ3v) is 1.43. The number of aromatic nitrogens is 1. The Morgan fingerprint density at radius 1 is 1.47 bits per heavy atom. The van der Waals surface area contributed by atoms with Crippen LogP contribution in [0.25, 0.3) is 0 Å². The minimum Gasteiger partial charge on any atom is -0.455 e. The number of hydrogen-bond acceptors (Lipinski definition) is 4. The van der Waals surface area contributed by atoms with Crippen LogP contribution in [0, 0.1) is 0 Å². The average molecular weight is 275 g/mol. The summed E-state index contributed by atoms with van der Waals surface area (Å²) < 4.78 is 5.12. The first kappa shape index (κ1) is 13.9. The van der Waals surface area contributed by atoms with Crippen LogP contribution in [0.4, 0.5) is 5.69 Å². The average Bonchev–Trinajstić information content (AvgIpc) is 2.01. The smallest absolute Gasteiger partial charge is 0.359 e. The molecule has 0 radical (unpaired) electrons. The van der Waals surface area contributed by atoms with E-state index in [-0.39, 0.29) is 22.7 Å². The quantitative estimate of drug-likeness (QED) is 0.798. The highest BCUT2D eigenvalue weighted by Gasteiger charge is 2.20. The Bertz CT molecular complexity index is 348. The van der Waals surface area contributed by atoms with Crippen molar-refractivity contribution in [3.8, 4) is 0 Å². The van der Waals surface area contributed by atoms with E-state index in [1.165, 1.54) is 6.20 Å². The van der Waals surface area contributed by atoms with Crippen molar-refractivity contribution in [1.82, 2.24) is 4.98 Å². The van der Waals surface area contributed by atoms with Gasteiger partial charge in [-0.25, -0.2) is 9.78 Å². The topological polar surface area (TPSA) is 65.2 Å². The summed E-state index contributed by atoms with van der Waals surface area (Å²) in [6.45, 7) is 5.39. The zero-order valence-electron chi connectivity index (χ0n) is 8.98. The lowest BCUT2D eigenvalue weighted by atomic mass is 10.2. The number of hydrogen-bond donors (Lipinski definition) is 1. The summed E-state index contributed by atoms with van der Waals surface area (Å²) in [4.78, 5) is 15.4. The standard InChI is InChI=1S/C10H14N2O2.BrH/c1-10(2,3)14-9(13)8-7(11)5-4-6-12-8;/h4-6H,11H2,1-3H3;1H. The molecule has 0 aliphatic carbocycles. The van der Waals surface area contributed by atoms with Gasteiger partial charge in [0.25, 0.3) is 0 Å². The molecule has 0 saturated heterocycles. The molecule has 0 fully saturated rings. The molecule has 0 bridgehead atoms. The number of rotatable bonds is 1. The number of carbonyl (C=O) groups excluding carboxylic acids is 1. The number of nitrogens with zero attached hydrogens (tertiary/aromatic N) is 1.